The molecule has 0 aliphatic carbocycles. The Hall–Kier alpha value is -0.420. The highest BCUT2D eigenvalue weighted by Gasteiger charge is 2.20. The van der Waals surface area contributed by atoms with E-state index < -0.39 is 9.05 Å². The minimum absolute atomic E-state index is 0.123. The van der Waals surface area contributed by atoms with Crippen LogP contribution in [0.1, 0.15) is 19.8 Å². The minimum atomic E-state index is -3.68. The molecule has 0 aromatic carbocycles. The number of hydrogen-bond donors (Lipinski definition) is 0. The van der Waals surface area contributed by atoms with Gasteiger partial charge in [0, 0.05) is 10.7 Å². The van der Waals surface area contributed by atoms with Crippen molar-refractivity contribution in [2.75, 3.05) is 0 Å². The van der Waals surface area contributed by atoms with Crippen LogP contribution >= 0.6 is 10.7 Å². The van der Waals surface area contributed by atoms with Crippen LogP contribution in [0.25, 0.3) is 0 Å². The van der Waals surface area contributed by atoms with E-state index >= 15 is 0 Å². The average molecular weight is 209 g/mol. The summed E-state index contributed by atoms with van der Waals surface area (Å²) in [5.41, 5.74) is 0. The predicted octanol–water partition coefficient (Wildman–Crippen LogP) is 1.16. The zero-order chi connectivity index (χ0) is 9.19. The van der Waals surface area contributed by atoms with Gasteiger partial charge in [0.15, 0.2) is 5.04 Å². The van der Waals surface area contributed by atoms with E-state index in [1.165, 1.54) is 6.21 Å². The lowest BCUT2D eigenvalue weighted by atomic mass is 10.3. The number of hydrogen-bond acceptors (Lipinski definition) is 4. The highest BCUT2D eigenvalue weighted by atomic mass is 35.7. The van der Waals surface area contributed by atoms with Crippen molar-refractivity contribution in [1.82, 2.24) is 0 Å². The summed E-state index contributed by atoms with van der Waals surface area (Å²) in [5, 5.41) is -0.123. The second kappa shape index (κ2) is 3.53. The largest absolute Gasteiger partial charge is 0.279 e. The summed E-state index contributed by atoms with van der Waals surface area (Å²) >= 11 is 0. The van der Waals surface area contributed by atoms with Gasteiger partial charge in [-0.1, -0.05) is 13.3 Å². The molecule has 0 fully saturated rings. The van der Waals surface area contributed by atoms with Crippen LogP contribution in [-0.2, 0) is 9.05 Å². The first kappa shape index (κ1) is 9.67. The van der Waals surface area contributed by atoms with E-state index in [1.54, 1.807) is 0 Å². The molecule has 1 aliphatic heterocycles. The SMILES string of the molecule is CCCC1N=CC(S(=O)(=O)Cl)=N1. The van der Waals surface area contributed by atoms with Gasteiger partial charge in [-0.25, -0.2) is 13.4 Å². The molecule has 0 radical (unpaired) electrons. The van der Waals surface area contributed by atoms with Crippen molar-refractivity contribution >= 4 is 31.0 Å². The van der Waals surface area contributed by atoms with Gasteiger partial charge in [0.2, 0.25) is 0 Å². The van der Waals surface area contributed by atoms with Gasteiger partial charge in [-0.05, 0) is 6.42 Å². The number of nitrogens with zero attached hydrogens (tertiary/aromatic N) is 2. The topological polar surface area (TPSA) is 58.9 Å². The van der Waals surface area contributed by atoms with Gasteiger partial charge in [0.05, 0.1) is 6.21 Å². The van der Waals surface area contributed by atoms with E-state index in [4.69, 9.17) is 10.7 Å². The van der Waals surface area contributed by atoms with E-state index in [0.29, 0.717) is 0 Å². The van der Waals surface area contributed by atoms with Crippen molar-refractivity contribution in [3.8, 4) is 0 Å². The van der Waals surface area contributed by atoms with Gasteiger partial charge in [-0.15, -0.1) is 0 Å². The molecule has 1 rings (SSSR count). The molecule has 1 atom stereocenters. The average Bonchev–Trinajstić information content (AvgIpc) is 2.35. The van der Waals surface area contributed by atoms with Crippen molar-refractivity contribution in [2.24, 2.45) is 9.98 Å². The number of halogens is 1. The Balaban J connectivity index is 2.75. The maximum atomic E-state index is 10.7. The van der Waals surface area contributed by atoms with E-state index in [9.17, 15) is 8.42 Å². The highest BCUT2D eigenvalue weighted by Crippen LogP contribution is 2.12. The first-order valence-corrected chi connectivity index (χ1v) is 5.90. The Kier molecular flexibility index (Phi) is 2.85. The third-order valence-electron chi connectivity index (χ3n) is 1.43. The molecule has 0 amide bonds. The summed E-state index contributed by atoms with van der Waals surface area (Å²) in [6.07, 6.45) is 2.63. The maximum Gasteiger partial charge on any atom is 0.279 e. The molecule has 0 saturated heterocycles. The quantitative estimate of drug-likeness (QED) is 0.640. The fourth-order valence-electron chi connectivity index (χ4n) is 0.887. The van der Waals surface area contributed by atoms with Crippen molar-refractivity contribution < 1.29 is 8.42 Å². The fraction of sp³-hybridized carbons (Fsp3) is 0.667. The lowest BCUT2D eigenvalue weighted by molar-refractivity contribution is 0.618. The zero-order valence-corrected chi connectivity index (χ0v) is 8.14. The standard InChI is InChI=1S/C6H9ClN2O2S/c1-2-3-5-8-4-6(9-5)12(7,10)11/h4-5H,2-3H2,1H3. The zero-order valence-electron chi connectivity index (χ0n) is 6.57. The second-order valence-electron chi connectivity index (χ2n) is 2.45. The van der Waals surface area contributed by atoms with E-state index in [1.807, 2.05) is 6.92 Å². The van der Waals surface area contributed by atoms with E-state index in [-0.39, 0.29) is 11.2 Å². The number of aliphatic imine (C=N–C) groups is 2. The van der Waals surface area contributed by atoms with Crippen LogP contribution in [0, 0.1) is 0 Å². The van der Waals surface area contributed by atoms with Gasteiger partial charge in [-0.3, -0.25) is 4.99 Å². The lowest BCUT2D eigenvalue weighted by Gasteiger charge is -1.98. The first-order chi connectivity index (χ1) is 5.54. The third kappa shape index (κ3) is 2.28. The van der Waals surface area contributed by atoms with Crippen LogP contribution in [0.3, 0.4) is 0 Å². The molecule has 4 nitrogen and oxygen atoms in total. The Morgan fingerprint density at radius 1 is 1.67 bits per heavy atom. The van der Waals surface area contributed by atoms with E-state index in [0.717, 1.165) is 12.8 Å². The Labute approximate surface area is 75.8 Å². The Morgan fingerprint density at radius 2 is 2.33 bits per heavy atom. The molecule has 1 aliphatic rings. The Bertz CT molecular complexity index is 320. The first-order valence-electron chi connectivity index (χ1n) is 3.59. The molecular weight excluding hydrogens is 200 g/mol. The van der Waals surface area contributed by atoms with Crippen LogP contribution in [0.4, 0.5) is 0 Å². The summed E-state index contributed by atoms with van der Waals surface area (Å²) in [4.78, 5) is 7.70. The molecule has 0 aromatic rings. The van der Waals surface area contributed by atoms with Crippen LogP contribution in [0.15, 0.2) is 9.98 Å². The monoisotopic (exact) mass is 208 g/mol. The van der Waals surface area contributed by atoms with Crippen molar-refractivity contribution in [1.29, 1.82) is 0 Å². The number of rotatable bonds is 2. The van der Waals surface area contributed by atoms with Crippen LogP contribution in [0.2, 0.25) is 0 Å². The normalized spacial score (nSPS) is 22.8. The summed E-state index contributed by atoms with van der Waals surface area (Å²) in [7, 11) is 1.37. The highest BCUT2D eigenvalue weighted by molar-refractivity contribution is 8.27. The van der Waals surface area contributed by atoms with Crippen LogP contribution in [0.5, 0.6) is 0 Å². The second-order valence-corrected chi connectivity index (χ2v) is 4.97. The maximum absolute atomic E-state index is 10.7. The molecule has 68 valence electrons. The molecular formula is C6H9ClN2O2S. The molecule has 0 bridgehead atoms. The molecule has 1 unspecified atom stereocenters. The van der Waals surface area contributed by atoms with Crippen molar-refractivity contribution in [3.05, 3.63) is 0 Å². The molecule has 1 heterocycles. The summed E-state index contributed by atoms with van der Waals surface area (Å²) in [6.45, 7) is 1.98. The van der Waals surface area contributed by atoms with Gasteiger partial charge in [0.25, 0.3) is 9.05 Å². The Morgan fingerprint density at radius 3 is 2.75 bits per heavy atom. The molecule has 0 spiro atoms. The van der Waals surface area contributed by atoms with E-state index in [2.05, 4.69) is 9.98 Å². The minimum Gasteiger partial charge on any atom is -0.263 e. The molecule has 0 aromatic heterocycles. The van der Waals surface area contributed by atoms with Gasteiger partial charge in [0.1, 0.15) is 6.17 Å². The lowest BCUT2D eigenvalue weighted by Crippen LogP contribution is -2.07. The van der Waals surface area contributed by atoms with Crippen molar-refractivity contribution in [2.45, 2.75) is 25.9 Å². The predicted molar refractivity (Wildman–Crippen MR) is 49.4 cm³/mol. The summed E-state index contributed by atoms with van der Waals surface area (Å²) < 4.78 is 21.5. The third-order valence-corrected chi connectivity index (χ3v) is 2.61. The van der Waals surface area contributed by atoms with Crippen LogP contribution in [-0.4, -0.2) is 25.8 Å². The van der Waals surface area contributed by atoms with Gasteiger partial charge < -0.3 is 0 Å². The fourth-order valence-corrected chi connectivity index (χ4v) is 1.56. The molecule has 0 saturated carbocycles. The summed E-state index contributed by atoms with van der Waals surface area (Å²) in [6, 6.07) is 0. The van der Waals surface area contributed by atoms with Gasteiger partial charge >= 0.3 is 0 Å². The molecule has 6 heteroatoms. The van der Waals surface area contributed by atoms with Gasteiger partial charge in [-0.2, -0.15) is 0 Å². The summed E-state index contributed by atoms with van der Waals surface area (Å²) in [5.74, 6) is 0. The van der Waals surface area contributed by atoms with Crippen LogP contribution < -0.4 is 0 Å². The smallest absolute Gasteiger partial charge is 0.263 e. The van der Waals surface area contributed by atoms with Crippen molar-refractivity contribution in [3.63, 3.8) is 0 Å². The molecule has 0 N–H and O–H groups in total. The molecule has 12 heavy (non-hydrogen) atoms.